The normalized spacial score (nSPS) is 16.1. The predicted octanol–water partition coefficient (Wildman–Crippen LogP) is 2.18. The van der Waals surface area contributed by atoms with Crippen LogP contribution in [0.3, 0.4) is 0 Å². The van der Waals surface area contributed by atoms with Crippen LogP contribution < -0.4 is 10.2 Å². The van der Waals surface area contributed by atoms with Crippen LogP contribution in [-0.4, -0.2) is 24.1 Å². The van der Waals surface area contributed by atoms with Gasteiger partial charge in [0.15, 0.2) is 0 Å². The van der Waals surface area contributed by atoms with Crippen molar-refractivity contribution in [2.24, 2.45) is 0 Å². The SMILES string of the molecule is CC(C)NCc1cnccc1N1CCCC1. The predicted molar refractivity (Wildman–Crippen MR) is 67.7 cm³/mol. The Morgan fingerprint density at radius 1 is 1.38 bits per heavy atom. The second-order valence-corrected chi connectivity index (χ2v) is 4.73. The standard InChI is InChI=1S/C13H21N3/c1-11(2)15-10-12-9-14-6-5-13(12)16-7-3-4-8-16/h5-6,9,11,15H,3-4,7-8,10H2,1-2H3. The summed E-state index contributed by atoms with van der Waals surface area (Å²) in [4.78, 5) is 6.70. The minimum Gasteiger partial charge on any atom is -0.371 e. The third kappa shape index (κ3) is 2.73. The van der Waals surface area contributed by atoms with Crippen molar-refractivity contribution in [2.75, 3.05) is 18.0 Å². The quantitative estimate of drug-likeness (QED) is 0.841. The van der Waals surface area contributed by atoms with Gasteiger partial charge in [-0.3, -0.25) is 4.98 Å². The lowest BCUT2D eigenvalue weighted by Crippen LogP contribution is -2.25. The fourth-order valence-electron chi connectivity index (χ4n) is 2.14. The van der Waals surface area contributed by atoms with Crippen molar-refractivity contribution < 1.29 is 0 Å². The zero-order valence-corrected chi connectivity index (χ0v) is 10.2. The van der Waals surface area contributed by atoms with Gasteiger partial charge in [-0.05, 0) is 18.9 Å². The van der Waals surface area contributed by atoms with Crippen LogP contribution in [0.2, 0.25) is 0 Å². The molecule has 1 N–H and O–H groups in total. The molecule has 1 fully saturated rings. The van der Waals surface area contributed by atoms with Gasteiger partial charge in [0, 0.05) is 49.3 Å². The van der Waals surface area contributed by atoms with Gasteiger partial charge in [0.25, 0.3) is 0 Å². The Labute approximate surface area is 97.9 Å². The van der Waals surface area contributed by atoms with E-state index in [0.29, 0.717) is 6.04 Å². The van der Waals surface area contributed by atoms with Crippen LogP contribution >= 0.6 is 0 Å². The third-order valence-electron chi connectivity index (χ3n) is 3.03. The molecule has 16 heavy (non-hydrogen) atoms. The Bertz CT molecular complexity index is 330. The molecule has 1 aliphatic heterocycles. The van der Waals surface area contributed by atoms with E-state index in [-0.39, 0.29) is 0 Å². The average molecular weight is 219 g/mol. The highest BCUT2D eigenvalue weighted by Gasteiger charge is 2.15. The Hall–Kier alpha value is -1.09. The van der Waals surface area contributed by atoms with E-state index in [4.69, 9.17) is 0 Å². The largest absolute Gasteiger partial charge is 0.371 e. The molecule has 0 aliphatic carbocycles. The minimum atomic E-state index is 0.520. The summed E-state index contributed by atoms with van der Waals surface area (Å²) in [5.41, 5.74) is 2.68. The second-order valence-electron chi connectivity index (χ2n) is 4.73. The van der Waals surface area contributed by atoms with E-state index in [9.17, 15) is 0 Å². The van der Waals surface area contributed by atoms with Gasteiger partial charge in [-0.15, -0.1) is 0 Å². The zero-order chi connectivity index (χ0) is 11.4. The maximum absolute atomic E-state index is 4.23. The summed E-state index contributed by atoms with van der Waals surface area (Å²) in [6, 6.07) is 2.66. The molecule has 3 heteroatoms. The van der Waals surface area contributed by atoms with Gasteiger partial charge >= 0.3 is 0 Å². The number of hydrogen-bond donors (Lipinski definition) is 1. The fraction of sp³-hybridized carbons (Fsp3) is 0.615. The maximum atomic E-state index is 4.23. The van der Waals surface area contributed by atoms with Gasteiger partial charge in [-0.1, -0.05) is 13.8 Å². The van der Waals surface area contributed by atoms with Crippen LogP contribution in [0.25, 0.3) is 0 Å². The first-order valence-corrected chi connectivity index (χ1v) is 6.18. The van der Waals surface area contributed by atoms with Gasteiger partial charge in [-0.2, -0.15) is 0 Å². The van der Waals surface area contributed by atoms with E-state index in [1.807, 2.05) is 12.4 Å². The van der Waals surface area contributed by atoms with Crippen molar-refractivity contribution in [3.8, 4) is 0 Å². The average Bonchev–Trinajstić information content (AvgIpc) is 2.80. The summed E-state index contributed by atoms with van der Waals surface area (Å²) in [5.74, 6) is 0. The lowest BCUT2D eigenvalue weighted by atomic mass is 10.2. The molecule has 1 aromatic rings. The molecule has 1 aliphatic rings. The molecular formula is C13H21N3. The number of nitrogens with zero attached hydrogens (tertiary/aromatic N) is 2. The molecule has 3 nitrogen and oxygen atoms in total. The van der Waals surface area contributed by atoms with E-state index < -0.39 is 0 Å². The molecule has 0 aromatic carbocycles. The number of nitrogens with one attached hydrogen (secondary N) is 1. The van der Waals surface area contributed by atoms with Gasteiger partial charge in [0.05, 0.1) is 0 Å². The minimum absolute atomic E-state index is 0.520. The Morgan fingerprint density at radius 3 is 2.81 bits per heavy atom. The van der Waals surface area contributed by atoms with Crippen molar-refractivity contribution in [3.63, 3.8) is 0 Å². The summed E-state index contributed by atoms with van der Waals surface area (Å²) in [7, 11) is 0. The van der Waals surface area contributed by atoms with Crippen LogP contribution in [-0.2, 0) is 6.54 Å². The maximum Gasteiger partial charge on any atom is 0.0442 e. The summed E-state index contributed by atoms with van der Waals surface area (Å²) >= 11 is 0. The molecular weight excluding hydrogens is 198 g/mol. The van der Waals surface area contributed by atoms with E-state index in [0.717, 1.165) is 6.54 Å². The third-order valence-corrected chi connectivity index (χ3v) is 3.03. The number of rotatable bonds is 4. The molecule has 88 valence electrons. The molecule has 0 saturated carbocycles. The zero-order valence-electron chi connectivity index (χ0n) is 10.2. The van der Waals surface area contributed by atoms with Crippen molar-refractivity contribution >= 4 is 5.69 Å². The highest BCUT2D eigenvalue weighted by atomic mass is 15.1. The summed E-state index contributed by atoms with van der Waals surface area (Å²) in [5, 5.41) is 3.46. The number of hydrogen-bond acceptors (Lipinski definition) is 3. The molecule has 0 spiro atoms. The van der Waals surface area contributed by atoms with E-state index in [1.165, 1.54) is 37.2 Å². The van der Waals surface area contributed by atoms with Crippen molar-refractivity contribution in [3.05, 3.63) is 24.0 Å². The monoisotopic (exact) mass is 219 g/mol. The Balaban J connectivity index is 2.10. The van der Waals surface area contributed by atoms with Crippen LogP contribution in [0.5, 0.6) is 0 Å². The van der Waals surface area contributed by atoms with E-state index in [1.54, 1.807) is 0 Å². The highest BCUT2D eigenvalue weighted by Crippen LogP contribution is 2.23. The van der Waals surface area contributed by atoms with Gasteiger partial charge in [0.2, 0.25) is 0 Å². The lowest BCUT2D eigenvalue weighted by Gasteiger charge is -2.21. The number of anilines is 1. The summed E-state index contributed by atoms with van der Waals surface area (Å²) in [6.45, 7) is 7.65. The second kappa shape index (κ2) is 5.30. The van der Waals surface area contributed by atoms with Gasteiger partial charge in [-0.25, -0.2) is 0 Å². The fourth-order valence-corrected chi connectivity index (χ4v) is 2.14. The van der Waals surface area contributed by atoms with Crippen LogP contribution in [0.1, 0.15) is 32.3 Å². The van der Waals surface area contributed by atoms with Crippen molar-refractivity contribution in [1.82, 2.24) is 10.3 Å². The van der Waals surface area contributed by atoms with Crippen LogP contribution in [0, 0.1) is 0 Å². The molecule has 0 amide bonds. The Kier molecular flexibility index (Phi) is 3.78. The summed E-state index contributed by atoms with van der Waals surface area (Å²) in [6.07, 6.45) is 6.52. The molecule has 0 radical (unpaired) electrons. The molecule has 0 bridgehead atoms. The first kappa shape index (κ1) is 11.4. The molecule has 0 atom stereocenters. The molecule has 2 heterocycles. The van der Waals surface area contributed by atoms with Crippen molar-refractivity contribution in [1.29, 1.82) is 0 Å². The smallest absolute Gasteiger partial charge is 0.0442 e. The van der Waals surface area contributed by atoms with Crippen LogP contribution in [0.15, 0.2) is 18.5 Å². The van der Waals surface area contributed by atoms with Crippen molar-refractivity contribution in [2.45, 2.75) is 39.3 Å². The molecule has 1 saturated heterocycles. The van der Waals surface area contributed by atoms with Crippen LogP contribution in [0.4, 0.5) is 5.69 Å². The Morgan fingerprint density at radius 2 is 2.12 bits per heavy atom. The number of pyridine rings is 1. The molecule has 2 rings (SSSR count). The topological polar surface area (TPSA) is 28.2 Å². The first-order valence-electron chi connectivity index (χ1n) is 6.18. The first-order chi connectivity index (χ1) is 7.77. The summed E-state index contributed by atoms with van der Waals surface area (Å²) < 4.78 is 0. The van der Waals surface area contributed by atoms with Gasteiger partial charge < -0.3 is 10.2 Å². The number of aromatic nitrogens is 1. The van der Waals surface area contributed by atoms with E-state index >= 15 is 0 Å². The van der Waals surface area contributed by atoms with E-state index in [2.05, 4.69) is 35.1 Å². The highest BCUT2D eigenvalue weighted by molar-refractivity contribution is 5.52. The molecule has 0 unspecified atom stereocenters. The molecule has 1 aromatic heterocycles. The lowest BCUT2D eigenvalue weighted by molar-refractivity contribution is 0.587. The van der Waals surface area contributed by atoms with Gasteiger partial charge in [0.1, 0.15) is 0 Å².